The Balaban J connectivity index is 1.92. The van der Waals surface area contributed by atoms with Crippen molar-refractivity contribution in [2.45, 2.75) is 13.5 Å². The van der Waals surface area contributed by atoms with Crippen molar-refractivity contribution in [1.82, 2.24) is 0 Å². The molecule has 0 bridgehead atoms. The van der Waals surface area contributed by atoms with Crippen LogP contribution in [0.2, 0.25) is 5.02 Å². The summed E-state index contributed by atoms with van der Waals surface area (Å²) in [5.74, 6) is -1.70. The van der Waals surface area contributed by atoms with Crippen LogP contribution in [0.1, 0.15) is 33.4 Å². The molecular weight excluding hydrogens is 390 g/mol. The number of esters is 2. The fraction of sp³-hybridized carbons (Fsp3) is 0.158. The largest absolute Gasteiger partial charge is 0.460 e. The smallest absolute Gasteiger partial charge is 0.374 e. The second-order valence-electron chi connectivity index (χ2n) is 5.62. The second-order valence-corrected chi connectivity index (χ2v) is 6.06. The fourth-order valence-electron chi connectivity index (χ4n) is 2.65. The molecule has 0 saturated heterocycles. The fourth-order valence-corrected chi connectivity index (χ4v) is 2.81. The van der Waals surface area contributed by atoms with Gasteiger partial charge in [-0.2, -0.15) is 0 Å². The third kappa shape index (κ3) is 3.81. The molecule has 0 aliphatic rings. The molecule has 1 aromatic heterocycles. The summed E-state index contributed by atoms with van der Waals surface area (Å²) in [7, 11) is 0. The number of carbonyl (C=O) groups is 2. The van der Waals surface area contributed by atoms with Crippen molar-refractivity contribution >= 4 is 40.2 Å². The Morgan fingerprint density at radius 3 is 2.61 bits per heavy atom. The molecule has 0 unspecified atom stereocenters. The zero-order valence-electron chi connectivity index (χ0n) is 14.6. The van der Waals surface area contributed by atoms with Gasteiger partial charge in [0.25, 0.3) is 5.69 Å². The summed E-state index contributed by atoms with van der Waals surface area (Å²) >= 11 is 5.75. The molecule has 0 amide bonds. The van der Waals surface area contributed by atoms with E-state index in [1.54, 1.807) is 31.2 Å². The summed E-state index contributed by atoms with van der Waals surface area (Å²) in [5, 5.41) is 11.9. The SMILES string of the molecule is CCOC(=O)c1oc2ccccc2c1COC(=O)c1ccc(Cl)cc1[N+](=O)[O-]. The van der Waals surface area contributed by atoms with Crippen molar-refractivity contribution in [3.05, 3.63) is 74.5 Å². The number of benzene rings is 2. The van der Waals surface area contributed by atoms with Crippen molar-refractivity contribution in [2.75, 3.05) is 6.61 Å². The average molecular weight is 404 g/mol. The van der Waals surface area contributed by atoms with E-state index in [1.165, 1.54) is 12.1 Å². The van der Waals surface area contributed by atoms with Crippen LogP contribution in [0.3, 0.4) is 0 Å². The van der Waals surface area contributed by atoms with Gasteiger partial charge in [-0.05, 0) is 25.1 Å². The molecule has 1 heterocycles. The van der Waals surface area contributed by atoms with Crippen molar-refractivity contribution < 1.29 is 28.4 Å². The number of nitro benzene ring substituents is 1. The molecule has 144 valence electrons. The first-order valence-corrected chi connectivity index (χ1v) is 8.58. The molecule has 0 aliphatic heterocycles. The lowest BCUT2D eigenvalue weighted by molar-refractivity contribution is -0.385. The van der Waals surface area contributed by atoms with Crippen LogP contribution in [0.15, 0.2) is 46.9 Å². The molecule has 0 spiro atoms. The van der Waals surface area contributed by atoms with Crippen LogP contribution in [0.5, 0.6) is 0 Å². The molecule has 8 nitrogen and oxygen atoms in total. The Morgan fingerprint density at radius 2 is 1.89 bits per heavy atom. The molecule has 28 heavy (non-hydrogen) atoms. The average Bonchev–Trinajstić information content (AvgIpc) is 3.05. The summed E-state index contributed by atoms with van der Waals surface area (Å²) in [4.78, 5) is 35.0. The molecule has 2 aromatic carbocycles. The van der Waals surface area contributed by atoms with E-state index in [4.69, 9.17) is 25.5 Å². The van der Waals surface area contributed by atoms with Gasteiger partial charge >= 0.3 is 11.9 Å². The topological polar surface area (TPSA) is 109 Å². The number of nitro groups is 1. The Bertz CT molecular complexity index is 1070. The van der Waals surface area contributed by atoms with Crippen LogP contribution in [0, 0.1) is 10.1 Å². The quantitative estimate of drug-likeness (QED) is 0.338. The van der Waals surface area contributed by atoms with Gasteiger partial charge in [-0.25, -0.2) is 9.59 Å². The molecule has 0 aliphatic carbocycles. The highest BCUT2D eigenvalue weighted by molar-refractivity contribution is 6.31. The normalized spacial score (nSPS) is 10.6. The first-order valence-electron chi connectivity index (χ1n) is 8.21. The van der Waals surface area contributed by atoms with Crippen LogP contribution < -0.4 is 0 Å². The van der Waals surface area contributed by atoms with Gasteiger partial charge in [0.1, 0.15) is 17.8 Å². The van der Waals surface area contributed by atoms with Crippen LogP contribution >= 0.6 is 11.6 Å². The van der Waals surface area contributed by atoms with Crippen molar-refractivity contribution in [2.24, 2.45) is 0 Å². The first kappa shape index (κ1) is 19.4. The van der Waals surface area contributed by atoms with E-state index < -0.39 is 22.5 Å². The molecule has 0 N–H and O–H groups in total. The number of rotatable bonds is 6. The van der Waals surface area contributed by atoms with E-state index in [9.17, 15) is 19.7 Å². The van der Waals surface area contributed by atoms with Crippen LogP contribution in [0.4, 0.5) is 5.69 Å². The minimum atomic E-state index is -0.927. The number of hydrogen-bond acceptors (Lipinski definition) is 7. The minimum absolute atomic E-state index is 0.0820. The summed E-state index contributed by atoms with van der Waals surface area (Å²) in [6.45, 7) is 1.47. The van der Waals surface area contributed by atoms with Gasteiger partial charge in [0.15, 0.2) is 0 Å². The molecule has 3 rings (SSSR count). The van der Waals surface area contributed by atoms with Crippen LogP contribution in [-0.4, -0.2) is 23.5 Å². The van der Waals surface area contributed by atoms with E-state index in [0.717, 1.165) is 6.07 Å². The van der Waals surface area contributed by atoms with Crippen molar-refractivity contribution in [3.8, 4) is 0 Å². The maximum Gasteiger partial charge on any atom is 0.374 e. The highest BCUT2D eigenvalue weighted by atomic mass is 35.5. The van der Waals surface area contributed by atoms with Crippen LogP contribution in [-0.2, 0) is 16.1 Å². The number of furan rings is 1. The zero-order valence-corrected chi connectivity index (χ0v) is 15.4. The van der Waals surface area contributed by atoms with Gasteiger partial charge in [-0.1, -0.05) is 29.8 Å². The minimum Gasteiger partial charge on any atom is -0.460 e. The molecule has 0 fully saturated rings. The molecule has 3 aromatic rings. The van der Waals surface area contributed by atoms with Crippen molar-refractivity contribution in [3.63, 3.8) is 0 Å². The van der Waals surface area contributed by atoms with Gasteiger partial charge in [-0.15, -0.1) is 0 Å². The van der Waals surface area contributed by atoms with Gasteiger partial charge in [-0.3, -0.25) is 10.1 Å². The van der Waals surface area contributed by atoms with E-state index in [2.05, 4.69) is 0 Å². The Labute approximate surface area is 163 Å². The molecule has 0 radical (unpaired) electrons. The Morgan fingerprint density at radius 1 is 1.14 bits per heavy atom. The third-order valence-electron chi connectivity index (χ3n) is 3.88. The third-order valence-corrected chi connectivity index (χ3v) is 4.12. The molecule has 0 atom stereocenters. The summed E-state index contributed by atoms with van der Waals surface area (Å²) in [6.07, 6.45) is 0. The number of hydrogen-bond donors (Lipinski definition) is 0. The number of ether oxygens (including phenoxy) is 2. The highest BCUT2D eigenvalue weighted by Gasteiger charge is 2.25. The first-order chi connectivity index (χ1) is 13.4. The monoisotopic (exact) mass is 403 g/mol. The number of nitrogens with zero attached hydrogens (tertiary/aromatic N) is 1. The number of halogens is 1. The van der Waals surface area contributed by atoms with Gasteiger partial charge in [0, 0.05) is 16.5 Å². The van der Waals surface area contributed by atoms with E-state index >= 15 is 0 Å². The predicted molar refractivity (Wildman–Crippen MR) is 99.4 cm³/mol. The lowest BCUT2D eigenvalue weighted by Crippen LogP contribution is -2.11. The highest BCUT2D eigenvalue weighted by Crippen LogP contribution is 2.29. The van der Waals surface area contributed by atoms with E-state index in [0.29, 0.717) is 16.5 Å². The van der Waals surface area contributed by atoms with Gasteiger partial charge in [0.2, 0.25) is 5.76 Å². The van der Waals surface area contributed by atoms with Gasteiger partial charge in [0.05, 0.1) is 17.1 Å². The van der Waals surface area contributed by atoms with E-state index in [-0.39, 0.29) is 29.6 Å². The Hall–Kier alpha value is -3.39. The maximum absolute atomic E-state index is 12.4. The number of fused-ring (bicyclic) bond motifs is 1. The predicted octanol–water partition coefficient (Wildman–Crippen LogP) is 4.53. The number of carbonyl (C=O) groups excluding carboxylic acids is 2. The van der Waals surface area contributed by atoms with E-state index in [1.807, 2.05) is 0 Å². The summed E-state index contributed by atoms with van der Waals surface area (Å²) in [6, 6.07) is 10.5. The number of para-hydroxylation sites is 1. The standard InChI is InChI=1S/C19H14ClNO7/c1-2-26-19(23)17-14(12-5-3-4-6-16(12)28-17)10-27-18(22)13-8-7-11(20)9-15(13)21(24)25/h3-9H,2,10H2,1H3. The summed E-state index contributed by atoms with van der Waals surface area (Å²) in [5.41, 5.74) is 0.0214. The Kier molecular flexibility index (Phi) is 5.60. The zero-order chi connectivity index (χ0) is 20.3. The second kappa shape index (κ2) is 8.10. The maximum atomic E-state index is 12.4. The lowest BCUT2D eigenvalue weighted by atomic mass is 10.1. The van der Waals surface area contributed by atoms with Crippen LogP contribution in [0.25, 0.3) is 11.0 Å². The summed E-state index contributed by atoms with van der Waals surface area (Å²) < 4.78 is 15.7. The lowest BCUT2D eigenvalue weighted by Gasteiger charge is -2.06. The molecule has 0 saturated carbocycles. The molecule has 9 heteroatoms. The van der Waals surface area contributed by atoms with Gasteiger partial charge < -0.3 is 13.9 Å². The van der Waals surface area contributed by atoms with Crippen molar-refractivity contribution in [1.29, 1.82) is 0 Å². The molecular formula is C19H14ClNO7.